The normalized spacial score (nSPS) is 15.5. The number of benzene rings is 2. The Labute approximate surface area is 174 Å². The molecule has 0 bridgehead atoms. The maximum absolute atomic E-state index is 13.4. The predicted molar refractivity (Wildman–Crippen MR) is 108 cm³/mol. The number of hydrogen-bond acceptors (Lipinski definition) is 5. The lowest BCUT2D eigenvalue weighted by atomic mass is 9.83. The van der Waals surface area contributed by atoms with E-state index in [1.54, 1.807) is 12.1 Å². The quantitative estimate of drug-likeness (QED) is 0.615. The van der Waals surface area contributed by atoms with Crippen LogP contribution in [-0.2, 0) is 25.8 Å². The largest absolute Gasteiger partial charge is 0.473 e. The van der Waals surface area contributed by atoms with E-state index < -0.39 is 27.6 Å². The molecule has 2 aromatic carbocycles. The number of carbonyl (C=O) groups is 2. The van der Waals surface area contributed by atoms with Gasteiger partial charge in [-0.15, -0.1) is 0 Å². The minimum Gasteiger partial charge on any atom is -0.473 e. The zero-order valence-electron chi connectivity index (χ0n) is 16.5. The fourth-order valence-electron chi connectivity index (χ4n) is 3.36. The van der Waals surface area contributed by atoms with Crippen molar-refractivity contribution in [1.29, 1.82) is 0 Å². The van der Waals surface area contributed by atoms with Crippen molar-refractivity contribution >= 4 is 21.8 Å². The Bertz CT molecular complexity index is 1010. The molecule has 9 heteroatoms. The first-order chi connectivity index (χ1) is 14.2. The number of fused-ring (bicyclic) bond motifs is 1. The Morgan fingerprint density at radius 1 is 1.10 bits per heavy atom. The van der Waals surface area contributed by atoms with Crippen LogP contribution in [0.2, 0.25) is 0 Å². The molecule has 0 heterocycles. The number of likely N-dealkylation sites (N-methyl/N-ethyl adjacent to an activating group) is 1. The summed E-state index contributed by atoms with van der Waals surface area (Å²) in [6.45, 7) is 3.93. The highest BCUT2D eigenvalue weighted by molar-refractivity contribution is 7.91. The van der Waals surface area contributed by atoms with Gasteiger partial charge < -0.3 is 15.5 Å². The Morgan fingerprint density at radius 2 is 1.77 bits per heavy atom. The summed E-state index contributed by atoms with van der Waals surface area (Å²) in [6.07, 6.45) is 3.08. The summed E-state index contributed by atoms with van der Waals surface area (Å²) in [7, 11) is -3.69. The third kappa shape index (κ3) is 5.87. The van der Waals surface area contributed by atoms with Crippen molar-refractivity contribution in [3.05, 3.63) is 59.4 Å². The summed E-state index contributed by atoms with van der Waals surface area (Å²) < 4.78 is 38.9. The number of aliphatic carboxylic acids is 2. The minimum absolute atomic E-state index is 0.00228. The second-order valence-electron chi connectivity index (χ2n) is 6.83. The van der Waals surface area contributed by atoms with Crippen LogP contribution in [0.1, 0.15) is 36.8 Å². The average molecular weight is 437 g/mol. The number of aryl methyl sites for hydroxylation is 1. The first-order valence-electron chi connectivity index (χ1n) is 9.47. The molecule has 1 atom stereocenters. The van der Waals surface area contributed by atoms with E-state index in [9.17, 15) is 12.8 Å². The summed E-state index contributed by atoms with van der Waals surface area (Å²) in [6, 6.07) is 10.5. The third-order valence-electron chi connectivity index (χ3n) is 4.79. The van der Waals surface area contributed by atoms with E-state index in [1.807, 2.05) is 6.07 Å². The monoisotopic (exact) mass is 437 g/mol. The zero-order valence-corrected chi connectivity index (χ0v) is 17.3. The molecular formula is C21H24FNO6S. The van der Waals surface area contributed by atoms with Crippen molar-refractivity contribution < 1.29 is 32.6 Å². The highest BCUT2D eigenvalue weighted by Gasteiger charge is 2.24. The van der Waals surface area contributed by atoms with E-state index in [1.165, 1.54) is 23.8 Å². The molecule has 3 N–H and O–H groups in total. The molecule has 1 unspecified atom stereocenters. The lowest BCUT2D eigenvalue weighted by Crippen LogP contribution is -2.24. The molecular weight excluding hydrogens is 413 g/mol. The van der Waals surface area contributed by atoms with E-state index in [4.69, 9.17) is 19.8 Å². The number of rotatable bonds is 5. The second kappa shape index (κ2) is 10.3. The van der Waals surface area contributed by atoms with Crippen LogP contribution < -0.4 is 5.32 Å². The second-order valence-corrected chi connectivity index (χ2v) is 8.78. The summed E-state index contributed by atoms with van der Waals surface area (Å²) in [5, 5.41) is 18.2. The lowest BCUT2D eigenvalue weighted by Gasteiger charge is -2.26. The molecule has 0 saturated carbocycles. The van der Waals surface area contributed by atoms with Crippen LogP contribution in [0.3, 0.4) is 0 Å². The molecule has 1 aliphatic carbocycles. The van der Waals surface area contributed by atoms with Crippen LogP contribution in [0.15, 0.2) is 52.3 Å². The Morgan fingerprint density at radius 3 is 2.37 bits per heavy atom. The molecule has 30 heavy (non-hydrogen) atoms. The number of halogens is 1. The minimum atomic E-state index is -3.69. The molecule has 0 saturated heterocycles. The number of carboxylic acid groups (broad SMARTS) is 2. The van der Waals surface area contributed by atoms with E-state index in [2.05, 4.69) is 12.2 Å². The van der Waals surface area contributed by atoms with Crippen LogP contribution in [-0.4, -0.2) is 43.7 Å². The zero-order chi connectivity index (χ0) is 22.3. The van der Waals surface area contributed by atoms with Crippen LogP contribution in [0, 0.1) is 5.82 Å². The Balaban J connectivity index is 0.000000469. The molecule has 0 amide bonds. The fraction of sp³-hybridized carbons (Fsp3) is 0.333. The highest BCUT2D eigenvalue weighted by Crippen LogP contribution is 2.33. The summed E-state index contributed by atoms with van der Waals surface area (Å²) in [5.74, 6) is -3.76. The van der Waals surface area contributed by atoms with Crippen molar-refractivity contribution in [3.8, 4) is 0 Å². The first kappa shape index (κ1) is 23.5. The van der Waals surface area contributed by atoms with E-state index in [0.29, 0.717) is 5.92 Å². The van der Waals surface area contributed by atoms with E-state index in [-0.39, 0.29) is 9.79 Å². The van der Waals surface area contributed by atoms with E-state index in [0.717, 1.165) is 44.0 Å². The number of carboxylic acids is 2. The molecule has 1 aliphatic rings. The molecule has 2 aromatic rings. The van der Waals surface area contributed by atoms with Crippen LogP contribution in [0.25, 0.3) is 0 Å². The van der Waals surface area contributed by atoms with Crippen molar-refractivity contribution in [3.63, 3.8) is 0 Å². The van der Waals surface area contributed by atoms with Gasteiger partial charge in [0, 0.05) is 6.54 Å². The molecule has 162 valence electrons. The van der Waals surface area contributed by atoms with Gasteiger partial charge in [-0.2, -0.15) is 0 Å². The SMILES string of the molecule is CCNCC1CCCc2cc(S(=O)(=O)c3cccc(F)c3)ccc21.O=C(O)C(=O)O. The van der Waals surface area contributed by atoms with Gasteiger partial charge in [0.1, 0.15) is 5.82 Å². The highest BCUT2D eigenvalue weighted by atomic mass is 32.2. The molecule has 0 aliphatic heterocycles. The van der Waals surface area contributed by atoms with Gasteiger partial charge in [-0.3, -0.25) is 0 Å². The number of sulfone groups is 1. The van der Waals surface area contributed by atoms with Gasteiger partial charge in [0.2, 0.25) is 9.84 Å². The molecule has 0 fully saturated rings. The topological polar surface area (TPSA) is 121 Å². The Hall–Kier alpha value is -2.78. The fourth-order valence-corrected chi connectivity index (χ4v) is 4.70. The molecule has 3 rings (SSSR count). The van der Waals surface area contributed by atoms with Gasteiger partial charge in [0.05, 0.1) is 9.79 Å². The first-order valence-corrected chi connectivity index (χ1v) is 11.0. The number of nitrogens with one attached hydrogen (secondary N) is 1. The smallest absolute Gasteiger partial charge is 0.414 e. The molecule has 0 radical (unpaired) electrons. The Kier molecular flexibility index (Phi) is 8.08. The maximum Gasteiger partial charge on any atom is 0.414 e. The molecule has 0 spiro atoms. The number of hydrogen-bond donors (Lipinski definition) is 3. The molecule has 0 aromatic heterocycles. The van der Waals surface area contributed by atoms with Crippen LogP contribution >= 0.6 is 0 Å². The van der Waals surface area contributed by atoms with Gasteiger partial charge in [-0.25, -0.2) is 22.4 Å². The van der Waals surface area contributed by atoms with Crippen molar-refractivity contribution in [2.45, 2.75) is 41.9 Å². The third-order valence-corrected chi connectivity index (χ3v) is 6.54. The van der Waals surface area contributed by atoms with Crippen molar-refractivity contribution in [1.82, 2.24) is 5.32 Å². The van der Waals surface area contributed by atoms with Gasteiger partial charge in [-0.05, 0) is 73.2 Å². The van der Waals surface area contributed by atoms with Gasteiger partial charge in [-0.1, -0.05) is 19.1 Å². The standard InChI is InChI=1S/C19H22FNO2S.C2H2O4/c1-2-21-13-15-6-3-5-14-11-18(9-10-19(14)15)24(22,23)17-8-4-7-16(20)12-17;3-1(4)2(5)6/h4,7-12,15,21H,2-3,5-6,13H2,1H3;(H,3,4)(H,5,6). The van der Waals surface area contributed by atoms with Crippen molar-refractivity contribution in [2.75, 3.05) is 13.1 Å². The van der Waals surface area contributed by atoms with Crippen molar-refractivity contribution in [2.24, 2.45) is 0 Å². The van der Waals surface area contributed by atoms with E-state index >= 15 is 0 Å². The summed E-state index contributed by atoms with van der Waals surface area (Å²) in [4.78, 5) is 18.4. The van der Waals surface area contributed by atoms with Crippen LogP contribution in [0.4, 0.5) is 4.39 Å². The molecule has 7 nitrogen and oxygen atoms in total. The van der Waals surface area contributed by atoms with Gasteiger partial charge in [0.25, 0.3) is 0 Å². The average Bonchev–Trinajstić information content (AvgIpc) is 2.72. The maximum atomic E-state index is 13.4. The van der Waals surface area contributed by atoms with Gasteiger partial charge >= 0.3 is 11.9 Å². The summed E-state index contributed by atoms with van der Waals surface area (Å²) >= 11 is 0. The van der Waals surface area contributed by atoms with Gasteiger partial charge in [0.15, 0.2) is 0 Å². The lowest BCUT2D eigenvalue weighted by molar-refractivity contribution is -0.159. The predicted octanol–water partition coefficient (Wildman–Crippen LogP) is 2.84. The summed E-state index contributed by atoms with van der Waals surface area (Å²) in [5.41, 5.74) is 2.34. The van der Waals surface area contributed by atoms with Crippen LogP contribution in [0.5, 0.6) is 0 Å².